The number of thioether (sulfide) groups is 2. The van der Waals surface area contributed by atoms with E-state index in [1.807, 2.05) is 36.4 Å². The molecule has 2 rings (SSSR count). The van der Waals surface area contributed by atoms with Crippen LogP contribution in [0.5, 0.6) is 0 Å². The quantitative estimate of drug-likeness (QED) is 0.286. The van der Waals surface area contributed by atoms with Gasteiger partial charge in [-0.3, -0.25) is 4.55 Å². The Morgan fingerprint density at radius 3 is 2.46 bits per heavy atom. The molecule has 10 heteroatoms. The van der Waals surface area contributed by atoms with Crippen molar-refractivity contribution in [2.75, 3.05) is 23.9 Å². The molecule has 1 N–H and O–H groups in total. The van der Waals surface area contributed by atoms with Crippen LogP contribution < -0.4 is 0 Å². The van der Waals surface area contributed by atoms with Crippen LogP contribution >= 0.6 is 23.5 Å². The van der Waals surface area contributed by atoms with E-state index in [4.69, 9.17) is 4.55 Å². The van der Waals surface area contributed by atoms with Gasteiger partial charge >= 0.3 is 21.3 Å². The molecule has 2 aromatic carbocycles. The second-order valence-corrected chi connectivity index (χ2v) is 8.95. The summed E-state index contributed by atoms with van der Waals surface area (Å²) in [6.07, 6.45) is 0. The van der Waals surface area contributed by atoms with Gasteiger partial charge in [-0.1, -0.05) is 30.3 Å². The van der Waals surface area contributed by atoms with Crippen LogP contribution in [-0.2, 0) is 19.6 Å². The molecule has 0 amide bonds. The summed E-state index contributed by atoms with van der Waals surface area (Å²) in [6, 6.07) is 14.2. The summed E-state index contributed by atoms with van der Waals surface area (Å²) in [7, 11) is -5.82. The zero-order valence-electron chi connectivity index (χ0n) is 13.4. The number of rotatable bonds is 9. The Morgan fingerprint density at radius 2 is 1.77 bits per heavy atom. The SMILES string of the molecule is O=C(OCCSCCSc1ccc2ccccc2c1)C(F)(F)S(=O)(=O)O. The fourth-order valence-corrected chi connectivity index (χ4v) is 4.05. The van der Waals surface area contributed by atoms with E-state index in [2.05, 4.69) is 10.8 Å². The highest BCUT2D eigenvalue weighted by Gasteiger charge is 2.54. The minimum absolute atomic E-state index is 0.242. The molecule has 0 bridgehead atoms. The van der Waals surface area contributed by atoms with Gasteiger partial charge in [-0.05, 0) is 22.9 Å². The van der Waals surface area contributed by atoms with Gasteiger partial charge in [0.2, 0.25) is 0 Å². The third-order valence-corrected chi connectivity index (χ3v) is 6.26. The second-order valence-electron chi connectivity index (χ2n) is 5.10. The lowest BCUT2D eigenvalue weighted by atomic mass is 10.1. The van der Waals surface area contributed by atoms with Gasteiger partial charge in [-0.2, -0.15) is 29.0 Å². The predicted molar refractivity (Wildman–Crippen MR) is 99.5 cm³/mol. The third kappa shape index (κ3) is 5.57. The Morgan fingerprint density at radius 1 is 1.08 bits per heavy atom. The molecular weight excluding hydrogens is 406 g/mol. The van der Waals surface area contributed by atoms with Gasteiger partial charge in [-0.15, -0.1) is 11.8 Å². The second kappa shape index (κ2) is 9.03. The summed E-state index contributed by atoms with van der Waals surface area (Å²) in [5.74, 6) is -0.556. The molecule has 26 heavy (non-hydrogen) atoms. The topological polar surface area (TPSA) is 80.7 Å². The van der Waals surface area contributed by atoms with Crippen LogP contribution in [0.3, 0.4) is 0 Å². The van der Waals surface area contributed by atoms with Gasteiger partial charge in [0.1, 0.15) is 6.61 Å². The normalized spacial score (nSPS) is 12.3. The number of benzene rings is 2. The number of ether oxygens (including phenoxy) is 1. The minimum atomic E-state index is -5.82. The summed E-state index contributed by atoms with van der Waals surface area (Å²) < 4.78 is 59.1. The van der Waals surface area contributed by atoms with E-state index in [1.165, 1.54) is 11.8 Å². The monoisotopic (exact) mass is 422 g/mol. The standard InChI is InChI=1S/C16H16F2O5S3/c17-16(18,26(20,21)22)15(19)23-7-8-24-9-10-25-14-6-5-12-3-1-2-4-13(12)11-14/h1-6,11H,7-10H2,(H,20,21,22). The first-order valence-corrected chi connectivity index (χ1v) is 11.0. The minimum Gasteiger partial charge on any atom is -0.459 e. The first kappa shape index (κ1) is 20.9. The summed E-state index contributed by atoms with van der Waals surface area (Å²) in [5.41, 5.74) is 0. The fourth-order valence-electron chi connectivity index (χ4n) is 1.96. The van der Waals surface area contributed by atoms with E-state index >= 15 is 0 Å². The Bertz CT molecular complexity index is 871. The van der Waals surface area contributed by atoms with E-state index < -0.39 is 21.3 Å². The Labute approximate surface area is 158 Å². The number of fused-ring (bicyclic) bond motifs is 1. The molecule has 0 spiro atoms. The Hall–Kier alpha value is -1.36. The zero-order chi connectivity index (χ0) is 19.2. The van der Waals surface area contributed by atoms with Crippen LogP contribution in [0.4, 0.5) is 8.78 Å². The fraction of sp³-hybridized carbons (Fsp3) is 0.312. The summed E-state index contributed by atoms with van der Waals surface area (Å²) in [4.78, 5) is 12.1. The van der Waals surface area contributed by atoms with Crippen molar-refractivity contribution >= 4 is 50.4 Å². The first-order chi connectivity index (χ1) is 12.2. The third-order valence-electron chi connectivity index (χ3n) is 3.24. The molecule has 0 heterocycles. The Kier molecular flexibility index (Phi) is 7.27. The number of carbonyl (C=O) groups is 1. The smallest absolute Gasteiger partial charge is 0.459 e. The van der Waals surface area contributed by atoms with E-state index in [9.17, 15) is 22.0 Å². The lowest BCUT2D eigenvalue weighted by Crippen LogP contribution is -2.39. The molecule has 0 saturated heterocycles. The van der Waals surface area contributed by atoms with E-state index in [0.29, 0.717) is 5.75 Å². The van der Waals surface area contributed by atoms with Crippen molar-refractivity contribution in [1.82, 2.24) is 0 Å². The van der Waals surface area contributed by atoms with Crippen molar-refractivity contribution in [3.8, 4) is 0 Å². The van der Waals surface area contributed by atoms with Crippen LogP contribution in [-0.4, -0.2) is 48.1 Å². The van der Waals surface area contributed by atoms with Crippen molar-refractivity contribution < 1.29 is 31.3 Å². The van der Waals surface area contributed by atoms with Gasteiger partial charge < -0.3 is 4.74 Å². The highest BCUT2D eigenvalue weighted by atomic mass is 32.2. The number of carbonyl (C=O) groups excluding carboxylic acids is 1. The van der Waals surface area contributed by atoms with Crippen molar-refractivity contribution in [2.45, 2.75) is 10.2 Å². The Balaban J connectivity index is 1.65. The van der Waals surface area contributed by atoms with E-state index in [-0.39, 0.29) is 12.4 Å². The highest BCUT2D eigenvalue weighted by molar-refractivity contribution is 8.03. The van der Waals surface area contributed by atoms with Crippen molar-refractivity contribution in [3.05, 3.63) is 42.5 Å². The lowest BCUT2D eigenvalue weighted by molar-refractivity contribution is -0.160. The zero-order valence-corrected chi connectivity index (χ0v) is 15.9. The van der Waals surface area contributed by atoms with Crippen LogP contribution in [0, 0.1) is 0 Å². The molecule has 0 aliphatic heterocycles. The van der Waals surface area contributed by atoms with Gasteiger partial charge in [0.25, 0.3) is 0 Å². The summed E-state index contributed by atoms with van der Waals surface area (Å²) >= 11 is 3.03. The van der Waals surface area contributed by atoms with E-state index in [1.54, 1.807) is 11.8 Å². The van der Waals surface area contributed by atoms with Gasteiger partial charge in [-0.25, -0.2) is 4.79 Å². The molecule has 0 radical (unpaired) electrons. The summed E-state index contributed by atoms with van der Waals surface area (Å²) in [6.45, 7) is -0.366. The molecule has 0 atom stereocenters. The first-order valence-electron chi connectivity index (χ1n) is 7.43. The number of hydrogen-bond donors (Lipinski definition) is 1. The maximum Gasteiger partial charge on any atom is 0.465 e. The molecule has 0 aliphatic carbocycles. The molecule has 142 valence electrons. The molecule has 0 saturated carbocycles. The summed E-state index contributed by atoms with van der Waals surface area (Å²) in [5, 5.41) is -2.63. The average molecular weight is 422 g/mol. The number of alkyl halides is 2. The highest BCUT2D eigenvalue weighted by Crippen LogP contribution is 2.25. The maximum atomic E-state index is 12.9. The number of halogens is 2. The van der Waals surface area contributed by atoms with Crippen molar-refractivity contribution in [1.29, 1.82) is 0 Å². The maximum absolute atomic E-state index is 12.9. The van der Waals surface area contributed by atoms with Crippen LogP contribution in [0.15, 0.2) is 47.4 Å². The molecule has 5 nitrogen and oxygen atoms in total. The lowest BCUT2D eigenvalue weighted by Gasteiger charge is -2.11. The van der Waals surface area contributed by atoms with Crippen LogP contribution in [0.25, 0.3) is 10.8 Å². The molecule has 0 aromatic heterocycles. The average Bonchev–Trinajstić information content (AvgIpc) is 2.59. The van der Waals surface area contributed by atoms with Gasteiger partial charge in [0.05, 0.1) is 0 Å². The molecule has 0 aliphatic rings. The molecular formula is C16H16F2O5S3. The van der Waals surface area contributed by atoms with Crippen LogP contribution in [0.1, 0.15) is 0 Å². The van der Waals surface area contributed by atoms with Crippen molar-refractivity contribution in [2.24, 2.45) is 0 Å². The molecule has 0 fully saturated rings. The van der Waals surface area contributed by atoms with Gasteiger partial charge in [0.15, 0.2) is 0 Å². The molecule has 2 aromatic rings. The molecule has 0 unspecified atom stereocenters. The van der Waals surface area contributed by atoms with Crippen molar-refractivity contribution in [3.63, 3.8) is 0 Å². The largest absolute Gasteiger partial charge is 0.465 e. The van der Waals surface area contributed by atoms with E-state index in [0.717, 1.165) is 21.4 Å². The van der Waals surface area contributed by atoms with Gasteiger partial charge in [0, 0.05) is 22.2 Å². The van der Waals surface area contributed by atoms with Crippen LogP contribution in [0.2, 0.25) is 0 Å². The number of esters is 1. The predicted octanol–water partition coefficient (Wildman–Crippen LogP) is 3.69. The number of hydrogen-bond acceptors (Lipinski definition) is 6.